The lowest BCUT2D eigenvalue weighted by Gasteiger charge is -2.15. The van der Waals surface area contributed by atoms with E-state index in [1.807, 2.05) is 14.0 Å². The molecule has 0 saturated heterocycles. The van der Waals surface area contributed by atoms with Crippen LogP contribution in [-0.2, 0) is 18.4 Å². The van der Waals surface area contributed by atoms with Crippen LogP contribution in [0.5, 0.6) is 0 Å². The molecule has 19 heavy (non-hydrogen) atoms. The maximum atomic E-state index is 12.1. The molecule has 1 N–H and O–H groups in total. The Balaban J connectivity index is 1.99. The molecule has 0 aliphatic heterocycles. The molecule has 0 aliphatic rings. The summed E-state index contributed by atoms with van der Waals surface area (Å²) in [6.07, 6.45) is 5.68. The first kappa shape index (κ1) is 13.6. The highest BCUT2D eigenvalue weighted by Crippen LogP contribution is 2.11. The largest absolute Gasteiger partial charge is 0.347 e. The second-order valence-corrected chi connectivity index (χ2v) is 4.57. The van der Waals surface area contributed by atoms with Gasteiger partial charge in [-0.15, -0.1) is 0 Å². The van der Waals surface area contributed by atoms with Gasteiger partial charge in [0.1, 0.15) is 17.0 Å². The molecule has 1 amide bonds. The lowest BCUT2D eigenvalue weighted by molar-refractivity contribution is -0.124. The number of aromatic nitrogens is 4. The van der Waals surface area contributed by atoms with Crippen LogP contribution >= 0.6 is 11.6 Å². The lowest BCUT2D eigenvalue weighted by Crippen LogP contribution is -2.32. The summed E-state index contributed by atoms with van der Waals surface area (Å²) < 4.78 is 3.39. The van der Waals surface area contributed by atoms with Crippen LogP contribution in [0, 0.1) is 0 Å². The third kappa shape index (κ3) is 2.96. The maximum absolute atomic E-state index is 12.1. The Labute approximate surface area is 116 Å². The van der Waals surface area contributed by atoms with Gasteiger partial charge in [-0.1, -0.05) is 18.5 Å². The molecule has 1 unspecified atom stereocenters. The minimum atomic E-state index is -0.300. The van der Waals surface area contributed by atoms with Crippen molar-refractivity contribution in [2.75, 3.05) is 0 Å². The van der Waals surface area contributed by atoms with Gasteiger partial charge in [0.05, 0.1) is 12.7 Å². The topological polar surface area (TPSA) is 64.7 Å². The molecule has 6 nitrogen and oxygen atoms in total. The Morgan fingerprint density at radius 3 is 2.89 bits per heavy atom. The second kappa shape index (κ2) is 5.88. The highest BCUT2D eigenvalue weighted by molar-refractivity contribution is 6.29. The molecule has 7 heteroatoms. The summed E-state index contributed by atoms with van der Waals surface area (Å²) in [6.45, 7) is 2.30. The van der Waals surface area contributed by atoms with Gasteiger partial charge in [0.25, 0.3) is 0 Å². The van der Waals surface area contributed by atoms with E-state index in [1.54, 1.807) is 33.9 Å². The van der Waals surface area contributed by atoms with Crippen molar-refractivity contribution >= 4 is 17.5 Å². The van der Waals surface area contributed by atoms with Crippen molar-refractivity contribution in [1.82, 2.24) is 24.6 Å². The highest BCUT2D eigenvalue weighted by Gasteiger charge is 2.18. The van der Waals surface area contributed by atoms with E-state index in [9.17, 15) is 4.79 Å². The molecule has 0 bridgehead atoms. The molecule has 0 radical (unpaired) electrons. The number of halogens is 1. The summed E-state index contributed by atoms with van der Waals surface area (Å²) in [5, 5.41) is 7.49. The average Bonchev–Trinajstić information content (AvgIpc) is 3.01. The Kier molecular flexibility index (Phi) is 4.21. The predicted octanol–water partition coefficient (Wildman–Crippen LogP) is 1.54. The van der Waals surface area contributed by atoms with Crippen molar-refractivity contribution in [1.29, 1.82) is 0 Å². The number of nitrogens with one attached hydrogen (secondary N) is 1. The molecular weight excluding hydrogens is 266 g/mol. The van der Waals surface area contributed by atoms with Crippen molar-refractivity contribution < 1.29 is 4.79 Å². The Bertz CT molecular complexity index is 548. The molecule has 2 aromatic heterocycles. The smallest absolute Gasteiger partial charge is 0.245 e. The lowest BCUT2D eigenvalue weighted by atomic mass is 10.2. The molecule has 0 saturated carbocycles. The number of nitrogens with zero attached hydrogens (tertiary/aromatic N) is 4. The number of hydrogen-bond acceptors (Lipinski definition) is 3. The van der Waals surface area contributed by atoms with Crippen LogP contribution in [0.1, 0.15) is 25.2 Å². The zero-order valence-corrected chi connectivity index (χ0v) is 11.6. The minimum absolute atomic E-state index is 0.0784. The van der Waals surface area contributed by atoms with Crippen LogP contribution in [0.25, 0.3) is 0 Å². The molecule has 2 rings (SSSR count). The SMILES string of the molecule is CCC(C(=O)NCc1ncc(Cl)n1C)n1cccn1. The minimum Gasteiger partial charge on any atom is -0.347 e. The third-order valence-corrected chi connectivity index (χ3v) is 3.33. The average molecular weight is 282 g/mol. The van der Waals surface area contributed by atoms with Crippen LogP contribution < -0.4 is 5.32 Å². The van der Waals surface area contributed by atoms with Gasteiger partial charge < -0.3 is 9.88 Å². The van der Waals surface area contributed by atoms with Gasteiger partial charge in [0.15, 0.2) is 0 Å². The summed E-state index contributed by atoms with van der Waals surface area (Å²) in [4.78, 5) is 16.3. The van der Waals surface area contributed by atoms with Gasteiger partial charge in [0, 0.05) is 19.4 Å². The van der Waals surface area contributed by atoms with E-state index >= 15 is 0 Å². The van der Waals surface area contributed by atoms with E-state index in [2.05, 4.69) is 15.4 Å². The number of rotatable bonds is 5. The van der Waals surface area contributed by atoms with Crippen molar-refractivity contribution in [3.8, 4) is 0 Å². The van der Waals surface area contributed by atoms with Crippen LogP contribution in [0.15, 0.2) is 24.7 Å². The molecular formula is C12H16ClN5O. The number of imidazole rings is 1. The van der Waals surface area contributed by atoms with E-state index in [0.717, 1.165) is 0 Å². The standard InChI is InChI=1S/C12H16ClN5O/c1-3-9(18-6-4-5-16-18)12(19)15-8-11-14-7-10(13)17(11)2/h4-7,9H,3,8H2,1-2H3,(H,15,19). The van der Waals surface area contributed by atoms with E-state index < -0.39 is 0 Å². The first-order valence-electron chi connectivity index (χ1n) is 6.06. The van der Waals surface area contributed by atoms with E-state index in [0.29, 0.717) is 23.9 Å². The number of hydrogen-bond donors (Lipinski definition) is 1. The highest BCUT2D eigenvalue weighted by atomic mass is 35.5. The van der Waals surface area contributed by atoms with Crippen molar-refractivity contribution in [3.63, 3.8) is 0 Å². The Morgan fingerprint density at radius 1 is 1.58 bits per heavy atom. The molecule has 0 aromatic carbocycles. The van der Waals surface area contributed by atoms with Crippen molar-refractivity contribution in [3.05, 3.63) is 35.6 Å². The van der Waals surface area contributed by atoms with Crippen LogP contribution in [0.4, 0.5) is 0 Å². The Hall–Kier alpha value is -1.82. The fourth-order valence-corrected chi connectivity index (χ4v) is 1.98. The number of carbonyl (C=O) groups is 1. The summed E-state index contributed by atoms with van der Waals surface area (Å²) in [6, 6.07) is 1.50. The quantitative estimate of drug-likeness (QED) is 0.904. The molecule has 2 aromatic rings. The Morgan fingerprint density at radius 2 is 2.37 bits per heavy atom. The summed E-state index contributed by atoms with van der Waals surface area (Å²) in [5.74, 6) is 0.638. The predicted molar refractivity (Wildman–Crippen MR) is 71.6 cm³/mol. The normalized spacial score (nSPS) is 12.4. The van der Waals surface area contributed by atoms with E-state index in [1.165, 1.54) is 0 Å². The zero-order chi connectivity index (χ0) is 13.8. The van der Waals surface area contributed by atoms with Gasteiger partial charge in [-0.2, -0.15) is 5.10 Å². The van der Waals surface area contributed by atoms with Crippen LogP contribution in [0.2, 0.25) is 5.15 Å². The van der Waals surface area contributed by atoms with E-state index in [4.69, 9.17) is 11.6 Å². The van der Waals surface area contributed by atoms with Crippen molar-refractivity contribution in [2.24, 2.45) is 7.05 Å². The fraction of sp³-hybridized carbons (Fsp3) is 0.417. The van der Waals surface area contributed by atoms with Gasteiger partial charge >= 0.3 is 0 Å². The maximum Gasteiger partial charge on any atom is 0.245 e. The third-order valence-electron chi connectivity index (χ3n) is 2.98. The summed E-state index contributed by atoms with van der Waals surface area (Å²) >= 11 is 5.89. The second-order valence-electron chi connectivity index (χ2n) is 4.18. The number of amides is 1. The van der Waals surface area contributed by atoms with Gasteiger partial charge in [0.2, 0.25) is 5.91 Å². The first-order valence-corrected chi connectivity index (χ1v) is 6.44. The first-order chi connectivity index (χ1) is 9.13. The summed E-state index contributed by atoms with van der Waals surface area (Å²) in [5.41, 5.74) is 0. The van der Waals surface area contributed by atoms with Gasteiger partial charge in [-0.05, 0) is 12.5 Å². The summed E-state index contributed by atoms with van der Waals surface area (Å²) in [7, 11) is 1.81. The molecule has 0 aliphatic carbocycles. The van der Waals surface area contributed by atoms with E-state index in [-0.39, 0.29) is 11.9 Å². The molecule has 2 heterocycles. The molecule has 0 spiro atoms. The van der Waals surface area contributed by atoms with Crippen LogP contribution in [-0.4, -0.2) is 25.2 Å². The zero-order valence-electron chi connectivity index (χ0n) is 10.9. The molecule has 0 fully saturated rings. The van der Waals surface area contributed by atoms with Crippen molar-refractivity contribution in [2.45, 2.75) is 25.9 Å². The van der Waals surface area contributed by atoms with Gasteiger partial charge in [-0.3, -0.25) is 9.48 Å². The monoisotopic (exact) mass is 281 g/mol. The fourth-order valence-electron chi connectivity index (χ4n) is 1.83. The molecule has 102 valence electrons. The molecule has 1 atom stereocenters. The van der Waals surface area contributed by atoms with Gasteiger partial charge in [-0.25, -0.2) is 4.98 Å². The van der Waals surface area contributed by atoms with Crippen LogP contribution in [0.3, 0.4) is 0 Å². The number of carbonyl (C=O) groups excluding carboxylic acids is 1.